The summed E-state index contributed by atoms with van der Waals surface area (Å²) in [6, 6.07) is 3.62. The first kappa shape index (κ1) is 16.4. The van der Waals surface area contributed by atoms with Crippen molar-refractivity contribution in [3.05, 3.63) is 33.9 Å². The summed E-state index contributed by atoms with van der Waals surface area (Å²) in [6.07, 6.45) is 1.57. The van der Waals surface area contributed by atoms with Crippen molar-refractivity contribution in [1.29, 1.82) is 0 Å². The van der Waals surface area contributed by atoms with Crippen LogP contribution in [-0.2, 0) is 4.74 Å². The minimum absolute atomic E-state index is 0.124. The molecule has 1 N–H and O–H groups in total. The zero-order valence-corrected chi connectivity index (χ0v) is 14.2. The van der Waals surface area contributed by atoms with Crippen LogP contribution >= 0.6 is 11.3 Å². The van der Waals surface area contributed by atoms with Crippen LogP contribution in [0.1, 0.15) is 33.4 Å². The molecule has 0 spiro atoms. The standard InChI is InChI=1S/C15H20N4O2S/c1-9-12(22-15(17-9)10(2)21-5)14(20)18-11-7-6-8-16-13(11)19(3)4/h6-8,10H,1-5H3,(H,18,20)/t10-/m0/s1. The van der Waals surface area contributed by atoms with Crippen molar-refractivity contribution in [2.24, 2.45) is 0 Å². The lowest BCUT2D eigenvalue weighted by Crippen LogP contribution is -2.17. The van der Waals surface area contributed by atoms with E-state index in [2.05, 4.69) is 15.3 Å². The van der Waals surface area contributed by atoms with Crippen molar-refractivity contribution in [3.63, 3.8) is 0 Å². The maximum atomic E-state index is 12.5. The highest BCUT2D eigenvalue weighted by molar-refractivity contribution is 7.14. The van der Waals surface area contributed by atoms with Crippen LogP contribution in [0.2, 0.25) is 0 Å². The van der Waals surface area contributed by atoms with Crippen molar-refractivity contribution in [2.45, 2.75) is 20.0 Å². The van der Waals surface area contributed by atoms with E-state index in [0.29, 0.717) is 22.1 Å². The number of aromatic nitrogens is 2. The highest BCUT2D eigenvalue weighted by Gasteiger charge is 2.19. The Balaban J connectivity index is 2.25. The Bertz CT molecular complexity index is 669. The van der Waals surface area contributed by atoms with Crippen LogP contribution in [0.15, 0.2) is 18.3 Å². The molecule has 0 radical (unpaired) electrons. The van der Waals surface area contributed by atoms with Crippen molar-refractivity contribution in [2.75, 3.05) is 31.4 Å². The molecule has 22 heavy (non-hydrogen) atoms. The molecule has 1 amide bonds. The third-order valence-electron chi connectivity index (χ3n) is 3.18. The molecule has 2 rings (SSSR count). The number of carbonyl (C=O) groups is 1. The van der Waals surface area contributed by atoms with Gasteiger partial charge in [-0.3, -0.25) is 4.79 Å². The predicted molar refractivity (Wildman–Crippen MR) is 88.8 cm³/mol. The number of nitrogens with zero attached hydrogens (tertiary/aromatic N) is 3. The smallest absolute Gasteiger partial charge is 0.267 e. The first-order valence-corrected chi connectivity index (χ1v) is 7.69. The van der Waals surface area contributed by atoms with E-state index < -0.39 is 0 Å². The normalized spacial score (nSPS) is 12.0. The number of amides is 1. The van der Waals surface area contributed by atoms with E-state index in [1.165, 1.54) is 11.3 Å². The number of nitrogens with one attached hydrogen (secondary N) is 1. The van der Waals surface area contributed by atoms with E-state index in [9.17, 15) is 4.79 Å². The van der Waals surface area contributed by atoms with E-state index in [0.717, 1.165) is 5.01 Å². The number of rotatable bonds is 5. The lowest BCUT2D eigenvalue weighted by Gasteiger charge is -2.15. The third kappa shape index (κ3) is 3.42. The van der Waals surface area contributed by atoms with Crippen LogP contribution in [0.4, 0.5) is 11.5 Å². The third-order valence-corrected chi connectivity index (χ3v) is 4.50. The zero-order chi connectivity index (χ0) is 16.3. The lowest BCUT2D eigenvalue weighted by atomic mass is 10.3. The molecule has 7 heteroatoms. The molecule has 0 fully saturated rings. The van der Waals surface area contributed by atoms with Gasteiger partial charge >= 0.3 is 0 Å². The average molecular weight is 320 g/mol. The fourth-order valence-electron chi connectivity index (χ4n) is 1.93. The Morgan fingerprint density at radius 2 is 2.18 bits per heavy atom. The summed E-state index contributed by atoms with van der Waals surface area (Å²) in [5, 5.41) is 3.70. The second-order valence-electron chi connectivity index (χ2n) is 5.07. The number of carbonyl (C=O) groups excluding carboxylic acids is 1. The van der Waals surface area contributed by atoms with Crippen molar-refractivity contribution in [1.82, 2.24) is 9.97 Å². The Kier molecular flexibility index (Phi) is 5.10. The van der Waals surface area contributed by atoms with Gasteiger partial charge in [-0.2, -0.15) is 0 Å². The zero-order valence-electron chi connectivity index (χ0n) is 13.4. The summed E-state index contributed by atoms with van der Waals surface area (Å²) >= 11 is 1.35. The highest BCUT2D eigenvalue weighted by Crippen LogP contribution is 2.27. The number of thiazole rings is 1. The molecule has 1 atom stereocenters. The summed E-state index contributed by atoms with van der Waals surface area (Å²) < 4.78 is 5.25. The molecule has 0 aliphatic carbocycles. The van der Waals surface area contributed by atoms with Gasteiger partial charge in [0.25, 0.3) is 5.91 Å². The highest BCUT2D eigenvalue weighted by atomic mass is 32.1. The topological polar surface area (TPSA) is 67.3 Å². The van der Waals surface area contributed by atoms with Gasteiger partial charge < -0.3 is 15.0 Å². The molecule has 0 saturated heterocycles. The van der Waals surface area contributed by atoms with Crippen LogP contribution in [0.3, 0.4) is 0 Å². The van der Waals surface area contributed by atoms with Gasteiger partial charge in [-0.1, -0.05) is 0 Å². The molecule has 0 bridgehead atoms. The van der Waals surface area contributed by atoms with Gasteiger partial charge in [-0.05, 0) is 26.0 Å². The number of aryl methyl sites for hydroxylation is 1. The van der Waals surface area contributed by atoms with Gasteiger partial charge in [0.1, 0.15) is 16.0 Å². The van der Waals surface area contributed by atoms with Crippen LogP contribution in [0.5, 0.6) is 0 Å². The molecular formula is C15H20N4O2S. The molecule has 2 heterocycles. The molecule has 2 aromatic heterocycles. The van der Waals surface area contributed by atoms with E-state index >= 15 is 0 Å². The molecule has 0 aliphatic rings. The molecule has 6 nitrogen and oxygen atoms in total. The quantitative estimate of drug-likeness (QED) is 0.917. The SMILES string of the molecule is CO[C@@H](C)c1nc(C)c(C(=O)Nc2cccnc2N(C)C)s1. The second-order valence-corrected chi connectivity index (χ2v) is 6.10. The summed E-state index contributed by atoms with van der Waals surface area (Å²) in [4.78, 5) is 23.6. The summed E-state index contributed by atoms with van der Waals surface area (Å²) in [5.74, 6) is 0.532. The Hall–Kier alpha value is -1.99. The van der Waals surface area contributed by atoms with Crippen molar-refractivity contribution < 1.29 is 9.53 Å². The summed E-state index contributed by atoms with van der Waals surface area (Å²) in [6.45, 7) is 3.73. The summed E-state index contributed by atoms with van der Waals surface area (Å²) in [5.41, 5.74) is 1.38. The predicted octanol–water partition coefficient (Wildman–Crippen LogP) is 2.87. The Morgan fingerprint density at radius 3 is 2.82 bits per heavy atom. The van der Waals surface area contributed by atoms with Crippen LogP contribution < -0.4 is 10.2 Å². The first-order valence-electron chi connectivity index (χ1n) is 6.87. The van der Waals surface area contributed by atoms with Gasteiger partial charge in [0.05, 0.1) is 11.4 Å². The minimum Gasteiger partial charge on any atom is -0.375 e. The molecule has 2 aromatic rings. The van der Waals surface area contributed by atoms with Crippen molar-refractivity contribution in [3.8, 4) is 0 Å². The fraction of sp³-hybridized carbons (Fsp3) is 0.400. The minimum atomic E-state index is -0.180. The molecule has 0 unspecified atom stereocenters. The number of pyridine rings is 1. The Morgan fingerprint density at radius 1 is 1.45 bits per heavy atom. The molecule has 0 aliphatic heterocycles. The van der Waals surface area contributed by atoms with Crippen LogP contribution in [0.25, 0.3) is 0 Å². The monoisotopic (exact) mass is 320 g/mol. The molecule has 118 valence electrons. The molecule has 0 saturated carbocycles. The summed E-state index contributed by atoms with van der Waals surface area (Å²) in [7, 11) is 5.39. The van der Waals surface area contributed by atoms with Gasteiger partial charge in [-0.25, -0.2) is 9.97 Å². The molecule has 0 aromatic carbocycles. The van der Waals surface area contributed by atoms with Gasteiger partial charge in [0.2, 0.25) is 0 Å². The molecular weight excluding hydrogens is 300 g/mol. The van der Waals surface area contributed by atoms with Crippen LogP contribution in [-0.4, -0.2) is 37.1 Å². The van der Waals surface area contributed by atoms with E-state index in [1.54, 1.807) is 19.4 Å². The average Bonchev–Trinajstić information content (AvgIpc) is 2.88. The number of hydrogen-bond acceptors (Lipinski definition) is 6. The van der Waals surface area contributed by atoms with Gasteiger partial charge in [-0.15, -0.1) is 11.3 Å². The fourth-order valence-corrected chi connectivity index (χ4v) is 2.92. The van der Waals surface area contributed by atoms with Gasteiger partial charge in [0.15, 0.2) is 5.82 Å². The maximum absolute atomic E-state index is 12.5. The Labute approximate surface area is 134 Å². The lowest BCUT2D eigenvalue weighted by molar-refractivity contribution is 0.103. The number of methoxy groups -OCH3 is 1. The van der Waals surface area contributed by atoms with Crippen LogP contribution in [0, 0.1) is 6.92 Å². The number of anilines is 2. The van der Waals surface area contributed by atoms with Crippen molar-refractivity contribution >= 4 is 28.7 Å². The van der Waals surface area contributed by atoms with E-state index in [4.69, 9.17) is 4.74 Å². The number of hydrogen-bond donors (Lipinski definition) is 1. The van der Waals surface area contributed by atoms with Gasteiger partial charge in [0, 0.05) is 27.4 Å². The van der Waals surface area contributed by atoms with E-state index in [-0.39, 0.29) is 12.0 Å². The largest absolute Gasteiger partial charge is 0.375 e. The second kappa shape index (κ2) is 6.85. The van der Waals surface area contributed by atoms with E-state index in [1.807, 2.05) is 38.9 Å². The first-order chi connectivity index (χ1) is 10.4. The number of ether oxygens (including phenoxy) is 1. The maximum Gasteiger partial charge on any atom is 0.267 e.